The van der Waals surface area contributed by atoms with E-state index >= 15 is 0 Å². The number of anilines is 1. The van der Waals surface area contributed by atoms with Gasteiger partial charge < -0.3 is 15.6 Å². The van der Waals surface area contributed by atoms with Gasteiger partial charge in [-0.15, -0.1) is 5.10 Å². The van der Waals surface area contributed by atoms with E-state index in [0.29, 0.717) is 6.61 Å². The van der Waals surface area contributed by atoms with E-state index in [4.69, 9.17) is 15.6 Å². The minimum absolute atomic E-state index is 0.134. The van der Waals surface area contributed by atoms with Crippen LogP contribution >= 0.6 is 0 Å². The Labute approximate surface area is 135 Å². The number of halogens is 4. The Bertz CT molecular complexity index is 683. The van der Waals surface area contributed by atoms with Gasteiger partial charge in [0.15, 0.2) is 5.82 Å². The molecule has 2 aromatic rings. The van der Waals surface area contributed by atoms with Gasteiger partial charge in [0, 0.05) is 6.61 Å². The molecule has 24 heavy (non-hydrogen) atoms. The van der Waals surface area contributed by atoms with E-state index in [2.05, 4.69) is 10.1 Å². The van der Waals surface area contributed by atoms with Crippen LogP contribution in [0.4, 0.5) is 23.5 Å². The Morgan fingerprint density at radius 2 is 2.17 bits per heavy atom. The molecule has 0 saturated carbocycles. The van der Waals surface area contributed by atoms with Crippen molar-refractivity contribution in [3.05, 3.63) is 23.8 Å². The van der Waals surface area contributed by atoms with E-state index in [1.807, 2.05) is 0 Å². The van der Waals surface area contributed by atoms with Crippen molar-refractivity contribution in [3.8, 4) is 0 Å². The Kier molecular flexibility index (Phi) is 5.60. The second-order valence-electron chi connectivity index (χ2n) is 5.46. The van der Waals surface area contributed by atoms with Crippen molar-refractivity contribution in [1.82, 2.24) is 14.6 Å². The zero-order valence-corrected chi connectivity index (χ0v) is 12.9. The fourth-order valence-corrected chi connectivity index (χ4v) is 2.19. The number of aliphatic hydroxyl groups is 1. The number of hydrogen-bond acceptors (Lipinski definition) is 5. The summed E-state index contributed by atoms with van der Waals surface area (Å²) in [6.45, 7) is 2.30. The number of hydrogen-bond donors (Lipinski definition) is 2. The number of nitrogen functional groups attached to an aromatic ring is 1. The molecule has 3 N–H and O–H groups in total. The highest BCUT2D eigenvalue weighted by atomic mass is 19.4. The number of alkyl halides is 3. The van der Waals surface area contributed by atoms with Gasteiger partial charge in [-0.1, -0.05) is 0 Å². The molecule has 134 valence electrons. The topological polar surface area (TPSA) is 85.7 Å². The predicted octanol–water partition coefficient (Wildman–Crippen LogP) is 2.27. The van der Waals surface area contributed by atoms with Crippen molar-refractivity contribution >= 4 is 11.5 Å². The van der Waals surface area contributed by atoms with Gasteiger partial charge in [-0.25, -0.2) is 13.9 Å². The van der Waals surface area contributed by atoms with Crippen LogP contribution in [0, 0.1) is 5.82 Å². The normalized spacial score (nSPS) is 19.7. The lowest BCUT2D eigenvalue weighted by Crippen LogP contribution is -2.21. The van der Waals surface area contributed by atoms with Gasteiger partial charge in [-0.3, -0.25) is 0 Å². The lowest BCUT2D eigenvalue weighted by Gasteiger charge is -2.15. The molecule has 6 nitrogen and oxygen atoms in total. The summed E-state index contributed by atoms with van der Waals surface area (Å²) in [4.78, 5) is 3.53. The molecule has 0 aliphatic carbocycles. The molecule has 3 heterocycles. The van der Waals surface area contributed by atoms with Crippen molar-refractivity contribution in [2.45, 2.75) is 38.0 Å². The Morgan fingerprint density at radius 3 is 2.67 bits per heavy atom. The first kappa shape index (κ1) is 18.4. The first-order chi connectivity index (χ1) is 11.2. The average molecular weight is 350 g/mol. The molecule has 2 atom stereocenters. The molecule has 10 heteroatoms. The maximum Gasteiger partial charge on any atom is 0.396 e. The Balaban J connectivity index is 0.000000249. The molecule has 1 aliphatic heterocycles. The molecule has 1 aliphatic rings. The smallest absolute Gasteiger partial charge is 0.391 e. The van der Waals surface area contributed by atoms with E-state index in [1.165, 1.54) is 0 Å². The maximum absolute atomic E-state index is 13.4. The molecule has 3 rings (SSSR count). The number of aliphatic hydroxyl groups excluding tert-OH is 1. The fraction of sp³-hybridized carbons (Fsp3) is 0.571. The zero-order valence-electron chi connectivity index (χ0n) is 12.9. The number of fused-ring (bicyclic) bond motifs is 1. The lowest BCUT2D eigenvalue weighted by atomic mass is 10.1. The van der Waals surface area contributed by atoms with Crippen molar-refractivity contribution in [3.63, 3.8) is 0 Å². The molecule has 0 aromatic carbocycles. The van der Waals surface area contributed by atoms with Crippen molar-refractivity contribution in [1.29, 1.82) is 0 Å². The summed E-state index contributed by atoms with van der Waals surface area (Å²) >= 11 is 0. The summed E-state index contributed by atoms with van der Waals surface area (Å²) in [5.74, 6) is -2.87. The second-order valence-corrected chi connectivity index (χ2v) is 5.46. The van der Waals surface area contributed by atoms with Crippen molar-refractivity contribution in [2.75, 3.05) is 18.9 Å². The van der Waals surface area contributed by atoms with E-state index in [-0.39, 0.29) is 23.3 Å². The van der Waals surface area contributed by atoms with Crippen LogP contribution in [0.3, 0.4) is 0 Å². The van der Waals surface area contributed by atoms with Crippen LogP contribution in [0.1, 0.15) is 31.4 Å². The minimum Gasteiger partial charge on any atom is -0.391 e. The summed E-state index contributed by atoms with van der Waals surface area (Å²) in [5.41, 5.74) is 4.82. The van der Waals surface area contributed by atoms with E-state index < -0.39 is 17.9 Å². The summed E-state index contributed by atoms with van der Waals surface area (Å²) in [7, 11) is 0. The van der Waals surface area contributed by atoms with Gasteiger partial charge in [0.2, 0.25) is 5.95 Å². The van der Waals surface area contributed by atoms with Crippen LogP contribution in [-0.4, -0.2) is 45.2 Å². The van der Waals surface area contributed by atoms with Crippen LogP contribution in [0.2, 0.25) is 0 Å². The number of ether oxygens (including phenoxy) is 1. The van der Waals surface area contributed by atoms with E-state index in [1.54, 1.807) is 0 Å². The molecule has 2 aromatic heterocycles. The first-order valence-corrected chi connectivity index (χ1v) is 7.32. The zero-order chi connectivity index (χ0) is 17.9. The van der Waals surface area contributed by atoms with E-state index in [9.17, 15) is 17.6 Å². The number of aromatic nitrogens is 3. The van der Waals surface area contributed by atoms with Crippen LogP contribution in [0.5, 0.6) is 0 Å². The van der Waals surface area contributed by atoms with Crippen LogP contribution in [-0.2, 0) is 4.74 Å². The van der Waals surface area contributed by atoms with Crippen molar-refractivity contribution in [2.24, 2.45) is 0 Å². The third-order valence-electron chi connectivity index (χ3n) is 3.58. The third-order valence-corrected chi connectivity index (χ3v) is 3.58. The van der Waals surface area contributed by atoms with Crippen molar-refractivity contribution < 1.29 is 27.4 Å². The lowest BCUT2D eigenvalue weighted by molar-refractivity contribution is -0.147. The minimum atomic E-state index is -4.47. The fourth-order valence-electron chi connectivity index (χ4n) is 2.19. The third kappa shape index (κ3) is 4.32. The molecule has 2 unspecified atom stereocenters. The van der Waals surface area contributed by atoms with Gasteiger partial charge in [0.05, 0.1) is 30.5 Å². The molecule has 0 spiro atoms. The van der Waals surface area contributed by atoms with E-state index in [0.717, 1.165) is 43.2 Å². The molecule has 0 bridgehead atoms. The molecular formula is C14H18F4N4O2. The molecule has 1 fully saturated rings. The van der Waals surface area contributed by atoms with Crippen LogP contribution in [0.15, 0.2) is 12.3 Å². The number of rotatable bonds is 1. The Hall–Kier alpha value is -1.94. The Morgan fingerprint density at radius 1 is 1.46 bits per heavy atom. The summed E-state index contributed by atoms with van der Waals surface area (Å²) in [6.07, 6.45) is -1.68. The SMILES string of the molecule is CC(c1cc(F)c2cnc(N)nn12)C(F)(F)F.OC1CCCOC1. The number of nitrogens with zero attached hydrogens (tertiary/aromatic N) is 3. The van der Waals surface area contributed by atoms with Gasteiger partial charge in [-0.2, -0.15) is 13.2 Å². The summed E-state index contributed by atoms with van der Waals surface area (Å²) in [5, 5.41) is 12.4. The standard InChI is InChI=1S/C9H8F4N4.C5H10O2/c1-4(9(11,12)13)6-2-5(10)7-3-15-8(14)16-17(6)7;6-5-2-1-3-7-4-5/h2-4H,1H3,(H2,14,16);5-6H,1-4H2. The van der Waals surface area contributed by atoms with Gasteiger partial charge >= 0.3 is 6.18 Å². The molecule has 1 saturated heterocycles. The quantitative estimate of drug-likeness (QED) is 0.771. The first-order valence-electron chi connectivity index (χ1n) is 7.32. The van der Waals surface area contributed by atoms with Crippen LogP contribution in [0.25, 0.3) is 5.52 Å². The van der Waals surface area contributed by atoms with Gasteiger partial charge in [0.25, 0.3) is 0 Å². The number of nitrogens with two attached hydrogens (primary N) is 1. The molecular weight excluding hydrogens is 332 g/mol. The average Bonchev–Trinajstić information content (AvgIpc) is 2.83. The van der Waals surface area contributed by atoms with Gasteiger partial charge in [0.1, 0.15) is 5.52 Å². The van der Waals surface area contributed by atoms with Gasteiger partial charge in [-0.05, 0) is 25.8 Å². The molecule has 0 radical (unpaired) electrons. The summed E-state index contributed by atoms with van der Waals surface area (Å²) < 4.78 is 56.8. The highest BCUT2D eigenvalue weighted by Crippen LogP contribution is 2.35. The highest BCUT2D eigenvalue weighted by molar-refractivity contribution is 5.50. The largest absolute Gasteiger partial charge is 0.396 e. The van der Waals surface area contributed by atoms with Crippen LogP contribution < -0.4 is 5.73 Å². The maximum atomic E-state index is 13.4. The second kappa shape index (κ2) is 7.31. The predicted molar refractivity (Wildman–Crippen MR) is 77.9 cm³/mol. The summed E-state index contributed by atoms with van der Waals surface area (Å²) in [6, 6.07) is 0.793. The highest BCUT2D eigenvalue weighted by Gasteiger charge is 2.39. The monoisotopic (exact) mass is 350 g/mol. The molecule has 0 amide bonds.